The molecule has 1 fully saturated rings. The highest BCUT2D eigenvalue weighted by Crippen LogP contribution is 2.36. The molecular weight excluding hydrogens is 250 g/mol. The summed E-state index contributed by atoms with van der Waals surface area (Å²) in [6.07, 6.45) is 2.21. The highest BCUT2D eigenvalue weighted by Gasteiger charge is 2.30. The van der Waals surface area contributed by atoms with Crippen LogP contribution in [0.1, 0.15) is 50.7 Å². The van der Waals surface area contributed by atoms with Crippen molar-refractivity contribution in [2.45, 2.75) is 58.1 Å². The van der Waals surface area contributed by atoms with E-state index in [1.807, 2.05) is 20.8 Å². The van der Waals surface area contributed by atoms with Crippen molar-refractivity contribution >= 4 is 5.97 Å². The van der Waals surface area contributed by atoms with Gasteiger partial charge in [-0.1, -0.05) is 29.8 Å². The predicted molar refractivity (Wildman–Crippen MR) is 80.8 cm³/mol. The Morgan fingerprint density at radius 2 is 2.05 bits per heavy atom. The highest BCUT2D eigenvalue weighted by molar-refractivity contribution is 5.72. The Morgan fingerprint density at radius 3 is 2.65 bits per heavy atom. The molecule has 0 bridgehead atoms. The summed E-state index contributed by atoms with van der Waals surface area (Å²) in [4.78, 5) is 11.6. The van der Waals surface area contributed by atoms with Gasteiger partial charge in [0.1, 0.15) is 5.60 Å². The fourth-order valence-corrected chi connectivity index (χ4v) is 2.59. The van der Waals surface area contributed by atoms with Crippen LogP contribution in [0.5, 0.6) is 0 Å². The largest absolute Gasteiger partial charge is 0.459 e. The minimum Gasteiger partial charge on any atom is -0.459 e. The number of nitrogens with one attached hydrogen (secondary N) is 1. The summed E-state index contributed by atoms with van der Waals surface area (Å²) in [5.74, 6) is 0.461. The van der Waals surface area contributed by atoms with Crippen molar-refractivity contribution in [1.82, 2.24) is 5.32 Å². The maximum Gasteiger partial charge on any atom is 0.320 e. The van der Waals surface area contributed by atoms with Crippen LogP contribution in [0.4, 0.5) is 0 Å². The molecule has 0 amide bonds. The Labute approximate surface area is 121 Å². The van der Waals surface area contributed by atoms with E-state index in [1.54, 1.807) is 0 Å². The number of carbonyl (C=O) groups excluding carboxylic acids is 1. The third-order valence-corrected chi connectivity index (χ3v) is 3.61. The van der Waals surface area contributed by atoms with Crippen molar-refractivity contribution in [2.75, 3.05) is 6.54 Å². The molecule has 2 rings (SSSR count). The minimum absolute atomic E-state index is 0.170. The molecule has 1 aromatic rings. The fraction of sp³-hybridized carbons (Fsp3) is 0.588. The van der Waals surface area contributed by atoms with Gasteiger partial charge < -0.3 is 10.1 Å². The van der Waals surface area contributed by atoms with Gasteiger partial charge in [0.15, 0.2) is 0 Å². The minimum atomic E-state index is -0.400. The zero-order chi connectivity index (χ0) is 14.8. The average Bonchev–Trinajstić information content (AvgIpc) is 2.24. The summed E-state index contributed by atoms with van der Waals surface area (Å²) in [7, 11) is 0. The molecule has 1 aliphatic rings. The molecule has 0 heterocycles. The molecule has 0 aliphatic heterocycles. The third kappa shape index (κ3) is 4.34. The van der Waals surface area contributed by atoms with E-state index >= 15 is 0 Å². The summed E-state index contributed by atoms with van der Waals surface area (Å²) in [5.41, 5.74) is 2.33. The lowest BCUT2D eigenvalue weighted by Gasteiger charge is -2.36. The van der Waals surface area contributed by atoms with E-state index in [0.29, 0.717) is 18.5 Å². The summed E-state index contributed by atoms with van der Waals surface area (Å²) in [6, 6.07) is 9.14. The third-order valence-electron chi connectivity index (χ3n) is 3.61. The molecule has 1 N–H and O–H groups in total. The number of hydrogen-bond acceptors (Lipinski definition) is 3. The van der Waals surface area contributed by atoms with Crippen molar-refractivity contribution in [2.24, 2.45) is 0 Å². The molecule has 1 aromatic carbocycles. The summed E-state index contributed by atoms with van der Waals surface area (Å²) >= 11 is 0. The van der Waals surface area contributed by atoms with E-state index in [2.05, 4.69) is 36.5 Å². The van der Waals surface area contributed by atoms with E-state index in [4.69, 9.17) is 4.74 Å². The average molecular weight is 275 g/mol. The maximum atomic E-state index is 11.6. The molecule has 3 heteroatoms. The van der Waals surface area contributed by atoms with Crippen LogP contribution >= 0.6 is 0 Å². The number of hydrogen-bond donors (Lipinski definition) is 1. The Balaban J connectivity index is 1.71. The van der Waals surface area contributed by atoms with Crippen molar-refractivity contribution in [3.8, 4) is 0 Å². The van der Waals surface area contributed by atoms with Crippen LogP contribution in [0.3, 0.4) is 0 Å². The Hall–Kier alpha value is -1.35. The molecular formula is C17H25NO2. The molecule has 1 saturated carbocycles. The van der Waals surface area contributed by atoms with Crippen molar-refractivity contribution in [1.29, 1.82) is 0 Å². The highest BCUT2D eigenvalue weighted by atomic mass is 16.6. The van der Waals surface area contributed by atoms with Gasteiger partial charge in [-0.2, -0.15) is 0 Å². The van der Waals surface area contributed by atoms with E-state index in [1.165, 1.54) is 11.1 Å². The molecule has 0 spiro atoms. The van der Waals surface area contributed by atoms with Crippen LogP contribution in [-0.2, 0) is 9.53 Å². The van der Waals surface area contributed by atoms with E-state index in [0.717, 1.165) is 12.8 Å². The Kier molecular flexibility index (Phi) is 4.48. The molecule has 1 aliphatic carbocycles. The first-order chi connectivity index (χ1) is 9.33. The monoisotopic (exact) mass is 275 g/mol. The standard InChI is InChI=1S/C17H25NO2/c1-12-6-5-7-13(8-12)14-9-15(10-14)18-11-16(19)20-17(2,3)4/h5-8,14-15,18H,9-11H2,1-4H3. The molecule has 3 nitrogen and oxygen atoms in total. The molecule has 0 aromatic heterocycles. The summed E-state index contributed by atoms with van der Waals surface area (Å²) < 4.78 is 5.28. The summed E-state index contributed by atoms with van der Waals surface area (Å²) in [6.45, 7) is 8.11. The topological polar surface area (TPSA) is 38.3 Å². The number of carbonyl (C=O) groups is 1. The number of ether oxygens (including phenoxy) is 1. The second-order valence-electron chi connectivity index (χ2n) is 6.75. The number of benzene rings is 1. The summed E-state index contributed by atoms with van der Waals surface area (Å²) in [5, 5.41) is 3.28. The second kappa shape index (κ2) is 5.96. The quantitative estimate of drug-likeness (QED) is 0.858. The van der Waals surface area contributed by atoms with Gasteiger partial charge in [-0.3, -0.25) is 4.79 Å². The van der Waals surface area contributed by atoms with Gasteiger partial charge in [-0.25, -0.2) is 0 Å². The first-order valence-corrected chi connectivity index (χ1v) is 7.35. The first-order valence-electron chi connectivity index (χ1n) is 7.35. The van der Waals surface area contributed by atoms with Crippen LogP contribution < -0.4 is 5.32 Å². The van der Waals surface area contributed by atoms with Gasteiger partial charge in [0.2, 0.25) is 0 Å². The van der Waals surface area contributed by atoms with Gasteiger partial charge in [0.05, 0.1) is 6.54 Å². The number of rotatable bonds is 4. The van der Waals surface area contributed by atoms with Crippen LogP contribution in [0.15, 0.2) is 24.3 Å². The zero-order valence-corrected chi connectivity index (χ0v) is 12.9. The van der Waals surface area contributed by atoms with Crippen LogP contribution in [0.2, 0.25) is 0 Å². The van der Waals surface area contributed by atoms with Gasteiger partial charge in [0, 0.05) is 6.04 Å². The van der Waals surface area contributed by atoms with E-state index in [9.17, 15) is 4.79 Å². The van der Waals surface area contributed by atoms with Crippen LogP contribution in [0, 0.1) is 6.92 Å². The molecule has 0 unspecified atom stereocenters. The molecule has 0 saturated heterocycles. The van der Waals surface area contributed by atoms with Crippen LogP contribution in [-0.4, -0.2) is 24.2 Å². The van der Waals surface area contributed by atoms with Gasteiger partial charge >= 0.3 is 5.97 Å². The SMILES string of the molecule is Cc1cccc(C2CC(NCC(=O)OC(C)(C)C)C2)c1. The lowest BCUT2D eigenvalue weighted by Crippen LogP contribution is -2.43. The number of esters is 1. The molecule has 110 valence electrons. The van der Waals surface area contributed by atoms with Gasteiger partial charge in [-0.15, -0.1) is 0 Å². The van der Waals surface area contributed by atoms with Crippen molar-refractivity contribution in [3.05, 3.63) is 35.4 Å². The van der Waals surface area contributed by atoms with Crippen molar-refractivity contribution < 1.29 is 9.53 Å². The second-order valence-corrected chi connectivity index (χ2v) is 6.75. The molecule has 0 atom stereocenters. The molecule has 20 heavy (non-hydrogen) atoms. The lowest BCUT2D eigenvalue weighted by atomic mass is 9.75. The Bertz CT molecular complexity index is 470. The number of aryl methyl sites for hydroxylation is 1. The predicted octanol–water partition coefficient (Wildman–Crippen LogP) is 3.17. The van der Waals surface area contributed by atoms with Crippen LogP contribution in [0.25, 0.3) is 0 Å². The smallest absolute Gasteiger partial charge is 0.320 e. The van der Waals surface area contributed by atoms with Gasteiger partial charge in [-0.05, 0) is 52.0 Å². The zero-order valence-electron chi connectivity index (χ0n) is 12.9. The van der Waals surface area contributed by atoms with Crippen molar-refractivity contribution in [3.63, 3.8) is 0 Å². The lowest BCUT2D eigenvalue weighted by molar-refractivity contribution is -0.153. The van der Waals surface area contributed by atoms with E-state index in [-0.39, 0.29) is 5.97 Å². The normalized spacial score (nSPS) is 22.2. The maximum absolute atomic E-state index is 11.6. The molecule has 0 radical (unpaired) electrons. The first kappa shape index (κ1) is 15.0. The fourth-order valence-electron chi connectivity index (χ4n) is 2.59. The van der Waals surface area contributed by atoms with E-state index < -0.39 is 5.60 Å². The Morgan fingerprint density at radius 1 is 1.35 bits per heavy atom. The van der Waals surface area contributed by atoms with Gasteiger partial charge in [0.25, 0.3) is 0 Å².